The van der Waals surface area contributed by atoms with Gasteiger partial charge in [0.05, 0.1) is 11.3 Å². The Labute approximate surface area is 79.9 Å². The molecule has 0 spiro atoms. The van der Waals surface area contributed by atoms with Gasteiger partial charge < -0.3 is 5.11 Å². The Morgan fingerprint density at radius 3 is 2.85 bits per heavy atom. The predicted molar refractivity (Wildman–Crippen MR) is 47.9 cm³/mol. The molecule has 5 heteroatoms. The fourth-order valence-corrected chi connectivity index (χ4v) is 1.04. The van der Waals surface area contributed by atoms with Gasteiger partial charge in [-0.3, -0.25) is 10.1 Å². The molecular formula is C8H7ClNO3. The van der Waals surface area contributed by atoms with Gasteiger partial charge in [0.2, 0.25) is 0 Å². The van der Waals surface area contributed by atoms with Crippen molar-refractivity contribution in [1.82, 2.24) is 0 Å². The van der Waals surface area contributed by atoms with E-state index in [-0.39, 0.29) is 0 Å². The second-order valence-electron chi connectivity index (χ2n) is 2.42. The zero-order valence-corrected chi connectivity index (χ0v) is 7.31. The molecule has 1 unspecified atom stereocenters. The topological polar surface area (TPSA) is 63.4 Å². The van der Waals surface area contributed by atoms with Crippen molar-refractivity contribution in [2.24, 2.45) is 0 Å². The second-order valence-corrected chi connectivity index (χ2v) is 2.86. The molecule has 0 heterocycles. The van der Waals surface area contributed by atoms with Gasteiger partial charge in [-0.2, -0.15) is 0 Å². The lowest BCUT2D eigenvalue weighted by Crippen LogP contribution is -2.19. The van der Waals surface area contributed by atoms with E-state index in [1.165, 1.54) is 6.07 Å². The lowest BCUT2D eigenvalue weighted by Gasteiger charge is -2.01. The van der Waals surface area contributed by atoms with E-state index in [0.717, 1.165) is 6.42 Å². The molecule has 0 saturated heterocycles. The lowest BCUT2D eigenvalue weighted by molar-refractivity contribution is -0.559. The monoisotopic (exact) mass is 200 g/mol. The van der Waals surface area contributed by atoms with Crippen LogP contribution in [0.1, 0.15) is 5.56 Å². The van der Waals surface area contributed by atoms with Crippen LogP contribution < -0.4 is 0 Å². The average Bonchev–Trinajstić information content (AvgIpc) is 2.04. The van der Waals surface area contributed by atoms with Crippen LogP contribution in [0.25, 0.3) is 0 Å². The van der Waals surface area contributed by atoms with E-state index in [0.29, 0.717) is 10.6 Å². The summed E-state index contributed by atoms with van der Waals surface area (Å²) in [6.45, 7) is 0. The van der Waals surface area contributed by atoms with Crippen LogP contribution in [0.15, 0.2) is 24.3 Å². The van der Waals surface area contributed by atoms with Crippen molar-refractivity contribution >= 4 is 11.6 Å². The fourth-order valence-electron chi connectivity index (χ4n) is 0.843. The third-order valence-corrected chi connectivity index (χ3v) is 1.64. The molecule has 0 saturated carbocycles. The quantitative estimate of drug-likeness (QED) is 0.457. The Morgan fingerprint density at radius 2 is 2.31 bits per heavy atom. The van der Waals surface area contributed by atoms with Crippen LogP contribution in [0.2, 0.25) is 5.02 Å². The molecule has 1 atom stereocenters. The van der Waals surface area contributed by atoms with Gasteiger partial charge in [-0.1, -0.05) is 23.7 Å². The summed E-state index contributed by atoms with van der Waals surface area (Å²) < 4.78 is 0. The molecule has 1 aromatic carbocycles. The summed E-state index contributed by atoms with van der Waals surface area (Å²) in [4.78, 5) is 9.29. The molecule has 1 radical (unpaired) electrons. The molecular weight excluding hydrogens is 194 g/mol. The number of hydrogen-bond acceptors (Lipinski definition) is 3. The number of halogens is 1. The highest BCUT2D eigenvalue weighted by Gasteiger charge is 2.16. The summed E-state index contributed by atoms with van der Waals surface area (Å²) in [5, 5.41) is 19.4. The Morgan fingerprint density at radius 1 is 1.62 bits per heavy atom. The van der Waals surface area contributed by atoms with Gasteiger partial charge in [-0.15, -0.1) is 0 Å². The van der Waals surface area contributed by atoms with E-state index >= 15 is 0 Å². The highest BCUT2D eigenvalue weighted by molar-refractivity contribution is 6.30. The maximum atomic E-state index is 10.1. The largest absolute Gasteiger partial charge is 0.332 e. The summed E-state index contributed by atoms with van der Waals surface area (Å²) >= 11 is 5.64. The summed E-state index contributed by atoms with van der Waals surface area (Å²) in [5.74, 6) is 0. The van der Waals surface area contributed by atoms with E-state index in [2.05, 4.69) is 0 Å². The van der Waals surface area contributed by atoms with Crippen molar-refractivity contribution in [2.45, 2.75) is 6.23 Å². The molecule has 0 aliphatic rings. The van der Waals surface area contributed by atoms with Crippen LogP contribution in [-0.4, -0.2) is 16.3 Å². The molecule has 69 valence electrons. The van der Waals surface area contributed by atoms with Crippen LogP contribution >= 0.6 is 11.6 Å². The van der Waals surface area contributed by atoms with E-state index in [1.807, 2.05) is 0 Å². The molecule has 0 amide bonds. The maximum absolute atomic E-state index is 10.1. The highest BCUT2D eigenvalue weighted by atomic mass is 35.5. The van der Waals surface area contributed by atoms with Gasteiger partial charge in [-0.25, -0.2) is 0 Å². The zero-order valence-electron chi connectivity index (χ0n) is 6.55. The van der Waals surface area contributed by atoms with Gasteiger partial charge >= 0.3 is 6.23 Å². The zero-order chi connectivity index (χ0) is 9.84. The number of rotatable bonds is 3. The van der Waals surface area contributed by atoms with Gasteiger partial charge in [0.1, 0.15) is 0 Å². The number of nitrogens with zero attached hydrogens (tertiary/aromatic N) is 1. The number of aliphatic hydroxyl groups is 1. The van der Waals surface area contributed by atoms with Crippen molar-refractivity contribution in [3.63, 3.8) is 0 Å². The van der Waals surface area contributed by atoms with E-state index in [9.17, 15) is 10.1 Å². The Balaban J connectivity index is 2.69. The molecule has 0 aliphatic carbocycles. The standard InChI is InChI=1S/C8H7ClNO3/c9-7-3-1-2-6(4-7)5-8(11)10(12)13/h1-5,8,11H. The first-order valence-corrected chi connectivity index (χ1v) is 3.89. The third-order valence-electron chi connectivity index (χ3n) is 1.41. The summed E-state index contributed by atoms with van der Waals surface area (Å²) in [6.07, 6.45) is -0.565. The van der Waals surface area contributed by atoms with Crippen LogP contribution in [0, 0.1) is 16.5 Å². The van der Waals surface area contributed by atoms with Crippen LogP contribution in [-0.2, 0) is 0 Å². The van der Waals surface area contributed by atoms with Crippen LogP contribution in [0.5, 0.6) is 0 Å². The highest BCUT2D eigenvalue weighted by Crippen LogP contribution is 2.13. The third kappa shape index (κ3) is 3.01. The van der Waals surface area contributed by atoms with Gasteiger partial charge in [0.15, 0.2) is 0 Å². The second kappa shape index (κ2) is 4.20. The van der Waals surface area contributed by atoms with Gasteiger partial charge in [0, 0.05) is 5.02 Å². The van der Waals surface area contributed by atoms with Crippen LogP contribution in [0.3, 0.4) is 0 Å². The number of hydrogen-bond donors (Lipinski definition) is 1. The molecule has 0 aliphatic heterocycles. The van der Waals surface area contributed by atoms with Crippen molar-refractivity contribution < 1.29 is 10.0 Å². The summed E-state index contributed by atoms with van der Waals surface area (Å²) in [7, 11) is 0. The molecule has 0 aromatic heterocycles. The van der Waals surface area contributed by atoms with E-state index < -0.39 is 11.2 Å². The smallest absolute Gasteiger partial charge is 0.320 e. The van der Waals surface area contributed by atoms with E-state index in [1.54, 1.807) is 18.2 Å². The lowest BCUT2D eigenvalue weighted by atomic mass is 10.1. The fraction of sp³-hybridized carbons (Fsp3) is 0.125. The first-order valence-electron chi connectivity index (χ1n) is 3.51. The number of benzene rings is 1. The maximum Gasteiger partial charge on any atom is 0.320 e. The first kappa shape index (κ1) is 9.95. The Hall–Kier alpha value is -1.13. The minimum Gasteiger partial charge on any atom is -0.332 e. The molecule has 4 nitrogen and oxygen atoms in total. The molecule has 13 heavy (non-hydrogen) atoms. The molecule has 1 rings (SSSR count). The van der Waals surface area contributed by atoms with Gasteiger partial charge in [-0.05, 0) is 17.7 Å². The molecule has 1 aromatic rings. The summed E-state index contributed by atoms with van der Waals surface area (Å²) in [6, 6.07) is 6.46. The Kier molecular flexibility index (Phi) is 3.22. The van der Waals surface area contributed by atoms with Gasteiger partial charge in [0.25, 0.3) is 0 Å². The average molecular weight is 201 g/mol. The molecule has 0 fully saturated rings. The number of aliphatic hydroxyl groups excluding tert-OH is 1. The summed E-state index contributed by atoms with van der Waals surface area (Å²) in [5.41, 5.74) is 0.525. The Bertz CT molecular complexity index is 316. The molecule has 0 bridgehead atoms. The van der Waals surface area contributed by atoms with Crippen LogP contribution in [0.4, 0.5) is 0 Å². The minimum atomic E-state index is -1.68. The predicted octanol–water partition coefficient (Wildman–Crippen LogP) is 1.49. The van der Waals surface area contributed by atoms with Crippen molar-refractivity contribution in [3.05, 3.63) is 51.4 Å². The first-order chi connectivity index (χ1) is 6.09. The minimum absolute atomic E-state index is 0.476. The van der Waals surface area contributed by atoms with Crippen molar-refractivity contribution in [3.8, 4) is 0 Å². The van der Waals surface area contributed by atoms with Crippen molar-refractivity contribution in [1.29, 1.82) is 0 Å². The SMILES string of the molecule is O=[N+]([O-])C(O)[CH]c1cccc(Cl)c1. The van der Waals surface area contributed by atoms with E-state index in [4.69, 9.17) is 16.7 Å². The molecule has 1 N–H and O–H groups in total. The normalized spacial score (nSPS) is 12.5. The van der Waals surface area contributed by atoms with Crippen molar-refractivity contribution in [2.75, 3.05) is 0 Å². The number of nitro groups is 1.